The largest absolute Gasteiger partial charge is 0.295 e. The predicted octanol–water partition coefficient (Wildman–Crippen LogP) is 5.99. The van der Waals surface area contributed by atoms with Gasteiger partial charge in [0.25, 0.3) is 0 Å². The van der Waals surface area contributed by atoms with Crippen molar-refractivity contribution in [3.05, 3.63) is 56.2 Å². The molecule has 0 unspecified atom stereocenters. The van der Waals surface area contributed by atoms with Gasteiger partial charge in [-0.1, -0.05) is 33.6 Å². The zero-order valence-corrected chi connectivity index (χ0v) is 15.5. The minimum absolute atomic E-state index is 0.517. The van der Waals surface area contributed by atoms with Crippen LogP contribution in [0.2, 0.25) is 5.02 Å². The molecule has 0 aliphatic heterocycles. The quantitative estimate of drug-likeness (QED) is 0.450. The summed E-state index contributed by atoms with van der Waals surface area (Å²) in [4.78, 5) is 4.70. The number of benzene rings is 2. The number of aromatic nitrogens is 2. The van der Waals surface area contributed by atoms with Gasteiger partial charge in [-0.05, 0) is 46.3 Å². The van der Waals surface area contributed by atoms with Gasteiger partial charge in [-0.3, -0.25) is 4.57 Å². The fourth-order valence-corrected chi connectivity index (χ4v) is 3.42. The molecule has 1 heterocycles. The lowest BCUT2D eigenvalue weighted by Crippen LogP contribution is -2.03. The summed E-state index contributed by atoms with van der Waals surface area (Å²) in [6.07, 6.45) is 0.687. The van der Waals surface area contributed by atoms with Gasteiger partial charge < -0.3 is 0 Å². The number of imidazole rings is 1. The molecule has 108 valence electrons. The standard InChI is InChI=1S/C15H10Br2Cl2N2/c16-9-4-5-12-11(8-9)20-14(6-7-18)21(12)13-3-1-2-10(19)15(13)17/h1-5,8H,6-7H2. The van der Waals surface area contributed by atoms with E-state index in [0.29, 0.717) is 17.3 Å². The van der Waals surface area contributed by atoms with Crippen LogP contribution in [0.15, 0.2) is 45.3 Å². The van der Waals surface area contributed by atoms with Crippen LogP contribution in [-0.4, -0.2) is 15.4 Å². The zero-order valence-electron chi connectivity index (χ0n) is 10.8. The monoisotopic (exact) mass is 446 g/mol. The number of aryl methyl sites for hydroxylation is 1. The first-order valence-electron chi connectivity index (χ1n) is 6.29. The molecule has 3 aromatic rings. The average Bonchev–Trinajstić information content (AvgIpc) is 2.79. The molecular formula is C15H10Br2Cl2N2. The molecule has 21 heavy (non-hydrogen) atoms. The Hall–Kier alpha value is -0.550. The maximum atomic E-state index is 6.22. The van der Waals surface area contributed by atoms with Crippen molar-refractivity contribution in [3.63, 3.8) is 0 Å². The fraction of sp³-hybridized carbons (Fsp3) is 0.133. The van der Waals surface area contributed by atoms with Crippen LogP contribution in [-0.2, 0) is 6.42 Å². The third-order valence-corrected chi connectivity index (χ3v) is 5.24. The number of nitrogens with zero attached hydrogens (tertiary/aromatic N) is 2. The molecule has 1 aromatic heterocycles. The number of halogens is 4. The van der Waals surface area contributed by atoms with Crippen LogP contribution in [0.3, 0.4) is 0 Å². The fourth-order valence-electron chi connectivity index (χ4n) is 2.29. The molecule has 0 atom stereocenters. The van der Waals surface area contributed by atoms with Crippen molar-refractivity contribution >= 4 is 66.1 Å². The van der Waals surface area contributed by atoms with E-state index in [2.05, 4.69) is 36.4 Å². The molecular weight excluding hydrogens is 439 g/mol. The van der Waals surface area contributed by atoms with Gasteiger partial charge >= 0.3 is 0 Å². The van der Waals surface area contributed by atoms with E-state index < -0.39 is 0 Å². The Kier molecular flexibility index (Phi) is 4.60. The van der Waals surface area contributed by atoms with E-state index in [4.69, 9.17) is 28.2 Å². The molecule has 2 aromatic carbocycles. The van der Waals surface area contributed by atoms with E-state index in [0.717, 1.165) is 31.5 Å². The Morgan fingerprint density at radius 1 is 1.14 bits per heavy atom. The number of alkyl halides is 1. The normalized spacial score (nSPS) is 11.2. The Bertz CT molecular complexity index is 815. The summed E-state index contributed by atoms with van der Waals surface area (Å²) in [6, 6.07) is 11.8. The van der Waals surface area contributed by atoms with Crippen LogP contribution in [0.25, 0.3) is 16.7 Å². The first-order chi connectivity index (χ1) is 10.1. The smallest absolute Gasteiger partial charge is 0.115 e. The number of fused-ring (bicyclic) bond motifs is 1. The maximum Gasteiger partial charge on any atom is 0.115 e. The molecule has 2 nitrogen and oxygen atoms in total. The van der Waals surface area contributed by atoms with E-state index >= 15 is 0 Å². The van der Waals surface area contributed by atoms with Crippen LogP contribution in [0, 0.1) is 0 Å². The molecule has 0 radical (unpaired) electrons. The highest BCUT2D eigenvalue weighted by Crippen LogP contribution is 2.33. The van der Waals surface area contributed by atoms with Gasteiger partial charge in [0, 0.05) is 16.8 Å². The van der Waals surface area contributed by atoms with Crippen molar-refractivity contribution < 1.29 is 0 Å². The number of hydrogen-bond acceptors (Lipinski definition) is 1. The van der Waals surface area contributed by atoms with Crippen LogP contribution >= 0.6 is 55.1 Å². The third-order valence-electron chi connectivity index (χ3n) is 3.18. The van der Waals surface area contributed by atoms with Crippen molar-refractivity contribution in [2.24, 2.45) is 0 Å². The van der Waals surface area contributed by atoms with Crippen molar-refractivity contribution in [2.45, 2.75) is 6.42 Å². The Morgan fingerprint density at radius 2 is 1.95 bits per heavy atom. The Labute approximate surface area is 149 Å². The third kappa shape index (κ3) is 2.87. The Balaban J connectivity index is 2.33. The topological polar surface area (TPSA) is 17.8 Å². The molecule has 0 bridgehead atoms. The van der Waals surface area contributed by atoms with E-state index in [1.54, 1.807) is 0 Å². The van der Waals surface area contributed by atoms with Gasteiger partial charge in [0.2, 0.25) is 0 Å². The highest BCUT2D eigenvalue weighted by molar-refractivity contribution is 9.11. The summed E-state index contributed by atoms with van der Waals surface area (Å²) < 4.78 is 3.95. The minimum Gasteiger partial charge on any atom is -0.295 e. The van der Waals surface area contributed by atoms with Gasteiger partial charge in [0.05, 0.1) is 26.2 Å². The lowest BCUT2D eigenvalue weighted by Gasteiger charge is -2.11. The molecule has 3 rings (SSSR count). The second-order valence-electron chi connectivity index (χ2n) is 4.51. The lowest BCUT2D eigenvalue weighted by molar-refractivity contribution is 0.909. The molecule has 0 N–H and O–H groups in total. The molecule has 0 saturated carbocycles. The van der Waals surface area contributed by atoms with E-state index in [-0.39, 0.29) is 0 Å². The molecule has 6 heteroatoms. The summed E-state index contributed by atoms with van der Waals surface area (Å²) in [5.74, 6) is 1.43. The highest BCUT2D eigenvalue weighted by Gasteiger charge is 2.15. The first kappa shape index (κ1) is 15.3. The van der Waals surface area contributed by atoms with Crippen molar-refractivity contribution in [1.29, 1.82) is 0 Å². The van der Waals surface area contributed by atoms with Crippen LogP contribution < -0.4 is 0 Å². The molecule has 0 saturated heterocycles. The van der Waals surface area contributed by atoms with E-state index in [9.17, 15) is 0 Å². The molecule has 0 spiro atoms. The Morgan fingerprint density at radius 3 is 2.71 bits per heavy atom. The molecule has 0 aliphatic carbocycles. The summed E-state index contributed by atoms with van der Waals surface area (Å²) >= 11 is 19.2. The van der Waals surface area contributed by atoms with Crippen molar-refractivity contribution in [2.75, 3.05) is 5.88 Å². The average molecular weight is 449 g/mol. The van der Waals surface area contributed by atoms with E-state index in [1.165, 1.54) is 0 Å². The van der Waals surface area contributed by atoms with Crippen LogP contribution in [0.4, 0.5) is 0 Å². The summed E-state index contributed by atoms with van der Waals surface area (Å²) in [5.41, 5.74) is 2.92. The van der Waals surface area contributed by atoms with Crippen molar-refractivity contribution in [1.82, 2.24) is 9.55 Å². The molecule has 0 aliphatic rings. The van der Waals surface area contributed by atoms with Gasteiger partial charge in [-0.2, -0.15) is 0 Å². The summed E-state index contributed by atoms with van der Waals surface area (Å²) in [5, 5.41) is 0.670. The lowest BCUT2D eigenvalue weighted by atomic mass is 10.2. The SMILES string of the molecule is ClCCc1nc2cc(Br)ccc2n1-c1cccc(Cl)c1Br. The van der Waals surface area contributed by atoms with Crippen LogP contribution in [0.5, 0.6) is 0 Å². The second-order valence-corrected chi connectivity index (χ2v) is 7.00. The minimum atomic E-state index is 0.517. The van der Waals surface area contributed by atoms with Gasteiger partial charge in [-0.15, -0.1) is 11.6 Å². The van der Waals surface area contributed by atoms with Crippen molar-refractivity contribution in [3.8, 4) is 5.69 Å². The van der Waals surface area contributed by atoms with Gasteiger partial charge in [0.15, 0.2) is 0 Å². The van der Waals surface area contributed by atoms with E-state index in [1.807, 2.05) is 36.4 Å². The first-order valence-corrected chi connectivity index (χ1v) is 8.79. The summed E-state index contributed by atoms with van der Waals surface area (Å²) in [7, 11) is 0. The number of hydrogen-bond donors (Lipinski definition) is 0. The zero-order chi connectivity index (χ0) is 15.0. The van der Waals surface area contributed by atoms with Gasteiger partial charge in [0.1, 0.15) is 5.82 Å². The maximum absolute atomic E-state index is 6.22. The highest BCUT2D eigenvalue weighted by atomic mass is 79.9. The predicted molar refractivity (Wildman–Crippen MR) is 95.9 cm³/mol. The second kappa shape index (κ2) is 6.29. The number of rotatable bonds is 3. The molecule has 0 amide bonds. The van der Waals surface area contributed by atoms with Crippen LogP contribution in [0.1, 0.15) is 5.82 Å². The van der Waals surface area contributed by atoms with Gasteiger partial charge in [-0.25, -0.2) is 4.98 Å². The molecule has 0 fully saturated rings. The summed E-state index contributed by atoms with van der Waals surface area (Å²) in [6.45, 7) is 0.